The summed E-state index contributed by atoms with van der Waals surface area (Å²) in [6.07, 6.45) is 2.83. The number of rotatable bonds is 4. The summed E-state index contributed by atoms with van der Waals surface area (Å²) in [5, 5.41) is 10.6. The zero-order chi connectivity index (χ0) is 18.4. The van der Waals surface area contributed by atoms with Gasteiger partial charge in [-0.1, -0.05) is 35.3 Å². The van der Waals surface area contributed by atoms with Crippen molar-refractivity contribution in [1.82, 2.24) is 4.98 Å². The van der Waals surface area contributed by atoms with Crippen LogP contribution in [0, 0.1) is 0 Å². The largest absolute Gasteiger partial charge is 0.481 e. The number of carbonyl (C=O) groups excluding carboxylic acids is 1. The van der Waals surface area contributed by atoms with Crippen molar-refractivity contribution in [2.45, 2.75) is 25.7 Å². The number of carboxylic acid groups (broad SMARTS) is 1. The molecule has 132 valence electrons. The van der Waals surface area contributed by atoms with Crippen molar-refractivity contribution in [1.29, 1.82) is 0 Å². The Labute approximate surface area is 159 Å². The Kier molecular flexibility index (Phi) is 4.25. The summed E-state index contributed by atoms with van der Waals surface area (Å²) in [6, 6.07) is 8.93. The van der Waals surface area contributed by atoms with Gasteiger partial charge in [-0.15, -0.1) is 0 Å². The number of halogens is 2. The second kappa shape index (κ2) is 6.45. The minimum absolute atomic E-state index is 0.223. The van der Waals surface area contributed by atoms with Gasteiger partial charge in [0.1, 0.15) is 0 Å². The molecular weight excluding hydrogens is 373 g/mol. The lowest BCUT2D eigenvalue weighted by Crippen LogP contribution is -2.09. The third kappa shape index (κ3) is 2.89. The van der Waals surface area contributed by atoms with Crippen LogP contribution in [-0.4, -0.2) is 21.8 Å². The first-order valence-corrected chi connectivity index (χ1v) is 9.07. The fourth-order valence-corrected chi connectivity index (χ4v) is 3.96. The monoisotopic (exact) mass is 387 g/mol. The molecule has 0 radical (unpaired) electrons. The summed E-state index contributed by atoms with van der Waals surface area (Å²) in [6.45, 7) is 0. The van der Waals surface area contributed by atoms with Crippen LogP contribution >= 0.6 is 23.2 Å². The SMILES string of the molecule is O=C(O)Cc1c(C(=O)c2ccc3c(c2)CCC3)[nH]c2cc(Cl)c(Cl)cc12. The highest BCUT2D eigenvalue weighted by molar-refractivity contribution is 6.42. The number of nitrogens with one attached hydrogen (secondary N) is 1. The highest BCUT2D eigenvalue weighted by atomic mass is 35.5. The minimum Gasteiger partial charge on any atom is -0.481 e. The first-order valence-electron chi connectivity index (χ1n) is 8.32. The van der Waals surface area contributed by atoms with Crippen molar-refractivity contribution in [3.05, 3.63) is 68.3 Å². The molecule has 0 unspecified atom stereocenters. The number of hydrogen-bond acceptors (Lipinski definition) is 2. The Morgan fingerprint density at radius 1 is 1.04 bits per heavy atom. The second-order valence-electron chi connectivity index (χ2n) is 6.53. The Morgan fingerprint density at radius 3 is 2.54 bits per heavy atom. The first-order chi connectivity index (χ1) is 12.4. The molecule has 0 aliphatic heterocycles. The molecule has 6 heteroatoms. The molecule has 1 aliphatic rings. The van der Waals surface area contributed by atoms with Gasteiger partial charge in [-0.2, -0.15) is 0 Å². The molecule has 3 aromatic rings. The predicted molar refractivity (Wildman–Crippen MR) is 102 cm³/mol. The standard InChI is InChI=1S/C20H15Cl2NO3/c21-15-7-13-14(8-18(24)25)19(23-17(13)9-16(15)22)20(26)12-5-4-10-2-1-3-11(10)6-12/h4-7,9,23H,1-3,8H2,(H,24,25). The van der Waals surface area contributed by atoms with E-state index in [0.29, 0.717) is 32.1 Å². The molecule has 0 saturated heterocycles. The first kappa shape index (κ1) is 17.1. The van der Waals surface area contributed by atoms with Crippen LogP contribution in [0.1, 0.15) is 39.2 Å². The summed E-state index contributed by atoms with van der Waals surface area (Å²) >= 11 is 12.2. The number of hydrogen-bond donors (Lipinski definition) is 2. The summed E-state index contributed by atoms with van der Waals surface area (Å²) in [5.74, 6) is -1.24. The molecule has 1 heterocycles. The number of aryl methyl sites for hydroxylation is 2. The van der Waals surface area contributed by atoms with Gasteiger partial charge >= 0.3 is 5.97 Å². The lowest BCUT2D eigenvalue weighted by molar-refractivity contribution is -0.136. The number of aromatic nitrogens is 1. The molecule has 2 N–H and O–H groups in total. The maximum Gasteiger partial charge on any atom is 0.307 e. The fraction of sp³-hybridized carbons (Fsp3) is 0.200. The molecule has 0 amide bonds. The normalized spacial score (nSPS) is 13.2. The van der Waals surface area contributed by atoms with Crippen molar-refractivity contribution in [2.24, 2.45) is 0 Å². The third-order valence-corrected chi connectivity index (χ3v) is 5.58. The van der Waals surface area contributed by atoms with E-state index >= 15 is 0 Å². The van der Waals surface area contributed by atoms with Gasteiger partial charge in [0, 0.05) is 22.0 Å². The molecule has 0 saturated carbocycles. The van der Waals surface area contributed by atoms with Crippen LogP contribution in [0.2, 0.25) is 10.0 Å². The number of aliphatic carboxylic acids is 1. The van der Waals surface area contributed by atoms with E-state index in [-0.39, 0.29) is 17.9 Å². The van der Waals surface area contributed by atoms with Crippen LogP contribution in [0.4, 0.5) is 0 Å². The molecular formula is C20H15Cl2NO3. The van der Waals surface area contributed by atoms with Crippen LogP contribution in [0.5, 0.6) is 0 Å². The fourth-order valence-electron chi connectivity index (χ4n) is 3.63. The number of aromatic amines is 1. The van der Waals surface area contributed by atoms with Gasteiger partial charge in [0.05, 0.1) is 22.2 Å². The molecule has 0 spiro atoms. The van der Waals surface area contributed by atoms with Crippen molar-refractivity contribution in [3.63, 3.8) is 0 Å². The van der Waals surface area contributed by atoms with E-state index in [1.807, 2.05) is 18.2 Å². The molecule has 0 bridgehead atoms. The quantitative estimate of drug-likeness (QED) is 0.630. The van der Waals surface area contributed by atoms with Crippen molar-refractivity contribution in [2.75, 3.05) is 0 Å². The Hall–Kier alpha value is -2.30. The average Bonchev–Trinajstić information content (AvgIpc) is 3.19. The Balaban J connectivity index is 1.86. The number of carbonyl (C=O) groups is 2. The molecule has 0 fully saturated rings. The van der Waals surface area contributed by atoms with E-state index in [4.69, 9.17) is 23.2 Å². The zero-order valence-electron chi connectivity index (χ0n) is 13.7. The van der Waals surface area contributed by atoms with E-state index in [9.17, 15) is 14.7 Å². The maximum absolute atomic E-state index is 13.1. The lowest BCUT2D eigenvalue weighted by atomic mass is 9.98. The van der Waals surface area contributed by atoms with E-state index in [0.717, 1.165) is 19.3 Å². The number of benzene rings is 2. The van der Waals surface area contributed by atoms with Gasteiger partial charge < -0.3 is 10.1 Å². The van der Waals surface area contributed by atoms with E-state index in [1.54, 1.807) is 12.1 Å². The highest BCUT2D eigenvalue weighted by Crippen LogP contribution is 2.33. The van der Waals surface area contributed by atoms with E-state index in [2.05, 4.69) is 4.98 Å². The van der Waals surface area contributed by atoms with Crippen molar-refractivity contribution < 1.29 is 14.7 Å². The van der Waals surface area contributed by atoms with Gasteiger partial charge in [-0.25, -0.2) is 0 Å². The Morgan fingerprint density at radius 2 is 1.77 bits per heavy atom. The minimum atomic E-state index is -1.01. The van der Waals surface area contributed by atoms with Gasteiger partial charge in [0.25, 0.3) is 0 Å². The molecule has 2 aromatic carbocycles. The van der Waals surface area contributed by atoms with Gasteiger partial charge in [0.2, 0.25) is 5.78 Å². The van der Waals surface area contributed by atoms with E-state index < -0.39 is 5.97 Å². The third-order valence-electron chi connectivity index (χ3n) is 4.86. The van der Waals surface area contributed by atoms with E-state index in [1.165, 1.54) is 11.1 Å². The van der Waals surface area contributed by atoms with Gasteiger partial charge in [0.15, 0.2) is 0 Å². The number of fused-ring (bicyclic) bond motifs is 2. The Bertz CT molecular complexity index is 1070. The van der Waals surface area contributed by atoms with Crippen LogP contribution in [0.25, 0.3) is 10.9 Å². The van der Waals surface area contributed by atoms with Crippen LogP contribution in [0.3, 0.4) is 0 Å². The number of H-pyrrole nitrogens is 1. The van der Waals surface area contributed by atoms with Crippen LogP contribution in [0.15, 0.2) is 30.3 Å². The van der Waals surface area contributed by atoms with Gasteiger partial charge in [-0.05, 0) is 48.6 Å². The number of ketones is 1. The van der Waals surface area contributed by atoms with Crippen molar-refractivity contribution in [3.8, 4) is 0 Å². The molecule has 1 aromatic heterocycles. The highest BCUT2D eigenvalue weighted by Gasteiger charge is 2.23. The summed E-state index contributed by atoms with van der Waals surface area (Å²) in [4.78, 5) is 27.5. The average molecular weight is 388 g/mol. The smallest absolute Gasteiger partial charge is 0.307 e. The van der Waals surface area contributed by atoms with Crippen LogP contribution < -0.4 is 0 Å². The van der Waals surface area contributed by atoms with Gasteiger partial charge in [-0.3, -0.25) is 9.59 Å². The summed E-state index contributed by atoms with van der Waals surface area (Å²) < 4.78 is 0. The molecule has 1 aliphatic carbocycles. The topological polar surface area (TPSA) is 70.2 Å². The second-order valence-corrected chi connectivity index (χ2v) is 7.34. The molecule has 0 atom stereocenters. The zero-order valence-corrected chi connectivity index (χ0v) is 15.2. The maximum atomic E-state index is 13.1. The lowest BCUT2D eigenvalue weighted by Gasteiger charge is -2.05. The van der Waals surface area contributed by atoms with Crippen molar-refractivity contribution >= 4 is 45.9 Å². The molecule has 4 nitrogen and oxygen atoms in total. The predicted octanol–water partition coefficient (Wildman–Crippen LogP) is 4.82. The number of carboxylic acids is 1. The molecule has 26 heavy (non-hydrogen) atoms. The summed E-state index contributed by atoms with van der Waals surface area (Å²) in [7, 11) is 0. The summed E-state index contributed by atoms with van der Waals surface area (Å²) in [5.41, 5.74) is 4.33. The molecule has 4 rings (SSSR count). The van der Waals surface area contributed by atoms with Crippen LogP contribution in [-0.2, 0) is 24.1 Å².